The molecule has 0 heterocycles. The van der Waals surface area contributed by atoms with Crippen LogP contribution in [0.15, 0.2) is 0 Å². The molecule has 1 aliphatic carbocycles. The van der Waals surface area contributed by atoms with Crippen LogP contribution < -0.4 is 18.9 Å². The standard InChI is InChI=1S/C6H10O.Li.H/c7-6-4-2-1-3-5-6;;/h1-5H2;;/q;+1;-1. The zero-order valence-corrected chi connectivity index (χ0v) is 5.44. The normalized spacial score (nSPS) is 19.8. The Morgan fingerprint density at radius 1 is 1.12 bits per heavy atom. The molecule has 0 aromatic carbocycles. The van der Waals surface area contributed by atoms with Crippen LogP contribution >= 0.6 is 0 Å². The monoisotopic (exact) mass is 106 g/mol. The van der Waals surface area contributed by atoms with Crippen LogP contribution in [0.1, 0.15) is 33.5 Å². The van der Waals surface area contributed by atoms with Gasteiger partial charge in [0.25, 0.3) is 0 Å². The molecule has 1 fully saturated rings. The third-order valence-corrected chi connectivity index (χ3v) is 1.41. The van der Waals surface area contributed by atoms with Crippen LogP contribution in [-0.4, -0.2) is 5.78 Å². The molecule has 0 aliphatic heterocycles. The van der Waals surface area contributed by atoms with Gasteiger partial charge in [-0.15, -0.1) is 0 Å². The molecule has 42 valence electrons. The average Bonchev–Trinajstić information content (AvgIpc) is 1.69. The van der Waals surface area contributed by atoms with Gasteiger partial charge < -0.3 is 1.43 Å². The summed E-state index contributed by atoms with van der Waals surface area (Å²) in [4.78, 5) is 10.5. The smallest absolute Gasteiger partial charge is 1.00 e. The molecule has 8 heavy (non-hydrogen) atoms. The first-order valence-electron chi connectivity index (χ1n) is 2.91. The van der Waals surface area contributed by atoms with Crippen molar-refractivity contribution in [1.82, 2.24) is 0 Å². The maximum atomic E-state index is 10.5. The molecule has 0 amide bonds. The predicted octanol–water partition coefficient (Wildman–Crippen LogP) is -1.36. The number of carbonyl (C=O) groups excluding carboxylic acids is 1. The van der Waals surface area contributed by atoms with Gasteiger partial charge >= 0.3 is 18.9 Å². The molecular formula is C6H11LiO. The maximum absolute atomic E-state index is 10.5. The van der Waals surface area contributed by atoms with Crippen LogP contribution in [0.5, 0.6) is 0 Å². The second-order valence-corrected chi connectivity index (χ2v) is 2.10. The number of hydrogen-bond donors (Lipinski definition) is 0. The van der Waals surface area contributed by atoms with Crippen molar-refractivity contribution in [2.24, 2.45) is 0 Å². The fraction of sp³-hybridized carbons (Fsp3) is 0.833. The van der Waals surface area contributed by atoms with Crippen molar-refractivity contribution in [3.63, 3.8) is 0 Å². The van der Waals surface area contributed by atoms with E-state index in [4.69, 9.17) is 0 Å². The van der Waals surface area contributed by atoms with Crippen molar-refractivity contribution in [1.29, 1.82) is 0 Å². The summed E-state index contributed by atoms with van der Waals surface area (Å²) < 4.78 is 0. The van der Waals surface area contributed by atoms with Gasteiger partial charge in [0.15, 0.2) is 0 Å². The first-order valence-corrected chi connectivity index (χ1v) is 2.91. The van der Waals surface area contributed by atoms with Gasteiger partial charge in [0.2, 0.25) is 0 Å². The van der Waals surface area contributed by atoms with Crippen molar-refractivity contribution in [3.8, 4) is 0 Å². The predicted molar refractivity (Wildman–Crippen MR) is 29.2 cm³/mol. The van der Waals surface area contributed by atoms with E-state index >= 15 is 0 Å². The molecule has 0 aromatic heterocycles. The topological polar surface area (TPSA) is 17.1 Å². The van der Waals surface area contributed by atoms with Crippen LogP contribution in [0.2, 0.25) is 0 Å². The fourth-order valence-corrected chi connectivity index (χ4v) is 0.946. The average molecular weight is 106 g/mol. The molecule has 0 unspecified atom stereocenters. The Morgan fingerprint density at radius 2 is 1.62 bits per heavy atom. The van der Waals surface area contributed by atoms with E-state index in [0.29, 0.717) is 5.78 Å². The van der Waals surface area contributed by atoms with Gasteiger partial charge in [-0.1, -0.05) is 6.42 Å². The molecule has 0 saturated heterocycles. The van der Waals surface area contributed by atoms with Crippen molar-refractivity contribution >= 4 is 5.78 Å². The molecule has 0 atom stereocenters. The van der Waals surface area contributed by atoms with Gasteiger partial charge in [0.1, 0.15) is 5.78 Å². The fourth-order valence-electron chi connectivity index (χ4n) is 0.946. The second-order valence-electron chi connectivity index (χ2n) is 2.10. The largest absolute Gasteiger partial charge is 1.00 e. The summed E-state index contributed by atoms with van der Waals surface area (Å²) in [7, 11) is 0. The van der Waals surface area contributed by atoms with Gasteiger partial charge in [-0.25, -0.2) is 0 Å². The number of carbonyl (C=O) groups is 1. The van der Waals surface area contributed by atoms with Crippen LogP contribution in [0.25, 0.3) is 0 Å². The number of ketones is 1. The quantitative estimate of drug-likeness (QED) is 0.348. The van der Waals surface area contributed by atoms with Crippen LogP contribution in [0.3, 0.4) is 0 Å². The SMILES string of the molecule is O=C1CCCCC1.[H-].[Li+]. The third kappa shape index (κ3) is 2.54. The van der Waals surface area contributed by atoms with E-state index < -0.39 is 0 Å². The summed E-state index contributed by atoms with van der Waals surface area (Å²) in [5, 5.41) is 0. The minimum absolute atomic E-state index is 0. The van der Waals surface area contributed by atoms with Crippen molar-refractivity contribution in [2.45, 2.75) is 32.1 Å². The van der Waals surface area contributed by atoms with Crippen LogP contribution in [0, 0.1) is 0 Å². The first-order chi connectivity index (χ1) is 3.39. The van der Waals surface area contributed by atoms with Gasteiger partial charge in [-0.3, -0.25) is 4.79 Å². The molecule has 1 aliphatic rings. The number of rotatable bonds is 0. The Morgan fingerprint density at radius 3 is 1.88 bits per heavy atom. The molecule has 0 N–H and O–H groups in total. The Balaban J connectivity index is 0. The molecule has 1 nitrogen and oxygen atoms in total. The maximum Gasteiger partial charge on any atom is 1.00 e. The minimum atomic E-state index is 0. The van der Waals surface area contributed by atoms with Gasteiger partial charge in [-0.05, 0) is 12.8 Å². The van der Waals surface area contributed by atoms with Gasteiger partial charge in [0.05, 0.1) is 0 Å². The molecule has 0 radical (unpaired) electrons. The van der Waals surface area contributed by atoms with Gasteiger partial charge in [-0.2, -0.15) is 0 Å². The van der Waals surface area contributed by atoms with E-state index in [1.165, 1.54) is 6.42 Å². The zero-order valence-electron chi connectivity index (χ0n) is 6.44. The summed E-state index contributed by atoms with van der Waals surface area (Å²) in [5.41, 5.74) is 0. The van der Waals surface area contributed by atoms with Crippen LogP contribution in [0.4, 0.5) is 0 Å². The summed E-state index contributed by atoms with van der Waals surface area (Å²) in [6, 6.07) is 0. The zero-order chi connectivity index (χ0) is 5.11. The molecule has 2 heteroatoms. The van der Waals surface area contributed by atoms with Crippen LogP contribution in [-0.2, 0) is 4.79 Å². The molecule has 1 saturated carbocycles. The number of hydrogen-bond acceptors (Lipinski definition) is 1. The van der Waals surface area contributed by atoms with E-state index in [1.807, 2.05) is 0 Å². The second kappa shape index (κ2) is 4.18. The summed E-state index contributed by atoms with van der Waals surface area (Å²) in [6.07, 6.45) is 5.24. The number of Topliss-reactive ketones (excluding diaryl/α,β-unsaturated/α-hetero) is 1. The van der Waals surface area contributed by atoms with Gasteiger partial charge in [0, 0.05) is 12.8 Å². The summed E-state index contributed by atoms with van der Waals surface area (Å²) in [6.45, 7) is 0. The van der Waals surface area contributed by atoms with E-state index in [0.717, 1.165) is 25.7 Å². The Labute approximate surface area is 63.5 Å². The van der Waals surface area contributed by atoms with Crippen molar-refractivity contribution in [3.05, 3.63) is 0 Å². The van der Waals surface area contributed by atoms with E-state index in [1.54, 1.807) is 0 Å². The summed E-state index contributed by atoms with van der Waals surface area (Å²) in [5.74, 6) is 0.464. The molecular weight excluding hydrogens is 95.0 g/mol. The van der Waals surface area contributed by atoms with E-state index in [-0.39, 0.29) is 20.3 Å². The van der Waals surface area contributed by atoms with Crippen molar-refractivity contribution < 1.29 is 25.1 Å². The molecule has 0 bridgehead atoms. The molecule has 0 aromatic rings. The van der Waals surface area contributed by atoms with E-state index in [2.05, 4.69) is 0 Å². The Hall–Kier alpha value is 0.267. The molecule has 1 rings (SSSR count). The van der Waals surface area contributed by atoms with Crippen molar-refractivity contribution in [2.75, 3.05) is 0 Å². The first kappa shape index (κ1) is 8.27. The third-order valence-electron chi connectivity index (χ3n) is 1.41. The Bertz CT molecular complexity index is 77.1. The van der Waals surface area contributed by atoms with E-state index in [9.17, 15) is 4.79 Å². The molecule has 0 spiro atoms. The Kier molecular flexibility index (Phi) is 4.32. The minimum Gasteiger partial charge on any atom is -1.00 e. The summed E-state index contributed by atoms with van der Waals surface area (Å²) >= 11 is 0.